The van der Waals surface area contributed by atoms with Gasteiger partial charge in [-0.2, -0.15) is 5.10 Å². The van der Waals surface area contributed by atoms with Gasteiger partial charge in [-0.05, 0) is 87.7 Å². The van der Waals surface area contributed by atoms with Gasteiger partial charge in [0.1, 0.15) is 11.4 Å². The highest BCUT2D eigenvalue weighted by Gasteiger charge is 2.35. The average Bonchev–Trinajstić information content (AvgIpc) is 3.48. The zero-order valence-electron chi connectivity index (χ0n) is 24.9. The number of ether oxygens (including phenoxy) is 1. The summed E-state index contributed by atoms with van der Waals surface area (Å²) < 4.78 is 5.25. The first-order chi connectivity index (χ1) is 20.9. The maximum absolute atomic E-state index is 13.9. The summed E-state index contributed by atoms with van der Waals surface area (Å²) in [6.45, 7) is 3.07. The van der Waals surface area contributed by atoms with Gasteiger partial charge >= 0.3 is 0 Å². The molecule has 0 radical (unpaired) electrons. The van der Waals surface area contributed by atoms with Crippen LogP contribution in [0.5, 0.6) is 5.75 Å². The van der Waals surface area contributed by atoms with Crippen LogP contribution in [0.2, 0.25) is 0 Å². The Morgan fingerprint density at radius 1 is 1.00 bits per heavy atom. The molecule has 0 bridgehead atoms. The molecule has 2 aliphatic rings. The van der Waals surface area contributed by atoms with Gasteiger partial charge in [-0.3, -0.25) is 24.3 Å². The molecule has 2 aromatic carbocycles. The Labute approximate surface area is 251 Å². The van der Waals surface area contributed by atoms with Gasteiger partial charge in [0.25, 0.3) is 11.8 Å². The normalized spacial score (nSPS) is 15.7. The van der Waals surface area contributed by atoms with Crippen LogP contribution < -0.4 is 24.8 Å². The van der Waals surface area contributed by atoms with Crippen LogP contribution in [0, 0.1) is 0 Å². The van der Waals surface area contributed by atoms with Crippen molar-refractivity contribution >= 4 is 40.7 Å². The third-order valence-electron chi connectivity index (χ3n) is 8.30. The molecule has 1 saturated heterocycles. The lowest BCUT2D eigenvalue weighted by Crippen LogP contribution is -2.40. The standard InChI is InChI=1S/C32H38N6O5/c1-4-21(33-2)8-17-28(40)38(24-13-15-25(43-3)16-14-24)32(42)30-26-18-20-37(31(41)29(26)34-35-30)23-11-9-22(10-12-23)36-19-6-5-7-27(36)39/h9-16,21,33H,4-8,17-20H2,1-3H3,(H,34,35). The predicted molar refractivity (Wildman–Crippen MR) is 164 cm³/mol. The molecule has 0 aliphatic carbocycles. The predicted octanol–water partition coefficient (Wildman–Crippen LogP) is 4.09. The molecule has 226 valence electrons. The van der Waals surface area contributed by atoms with Crippen LogP contribution >= 0.6 is 0 Å². The monoisotopic (exact) mass is 586 g/mol. The van der Waals surface area contributed by atoms with Crippen molar-refractivity contribution in [1.29, 1.82) is 0 Å². The molecule has 1 aromatic heterocycles. The van der Waals surface area contributed by atoms with Crippen LogP contribution in [0.15, 0.2) is 48.5 Å². The van der Waals surface area contributed by atoms with Gasteiger partial charge in [-0.25, -0.2) is 4.90 Å². The molecule has 11 nitrogen and oxygen atoms in total. The smallest absolute Gasteiger partial charge is 0.285 e. The van der Waals surface area contributed by atoms with E-state index in [0.29, 0.717) is 55.0 Å². The number of nitrogens with zero attached hydrogens (tertiary/aromatic N) is 4. The van der Waals surface area contributed by atoms with E-state index in [1.807, 2.05) is 38.2 Å². The fourth-order valence-corrected chi connectivity index (χ4v) is 5.73. The Morgan fingerprint density at radius 2 is 1.70 bits per heavy atom. The molecule has 1 unspecified atom stereocenters. The van der Waals surface area contributed by atoms with Crippen molar-refractivity contribution < 1.29 is 23.9 Å². The summed E-state index contributed by atoms with van der Waals surface area (Å²) in [6.07, 6.45) is 4.40. The van der Waals surface area contributed by atoms with Crippen molar-refractivity contribution in [3.8, 4) is 5.75 Å². The average molecular weight is 587 g/mol. The van der Waals surface area contributed by atoms with Crippen molar-refractivity contribution in [2.75, 3.05) is 41.9 Å². The van der Waals surface area contributed by atoms with E-state index in [0.717, 1.165) is 29.8 Å². The molecular weight excluding hydrogens is 548 g/mol. The number of imide groups is 1. The lowest BCUT2D eigenvalue weighted by molar-refractivity contribution is -0.119. The van der Waals surface area contributed by atoms with Crippen molar-refractivity contribution in [2.24, 2.45) is 0 Å². The summed E-state index contributed by atoms with van der Waals surface area (Å²) in [4.78, 5) is 57.9. The van der Waals surface area contributed by atoms with Crippen molar-refractivity contribution in [1.82, 2.24) is 15.5 Å². The second-order valence-corrected chi connectivity index (χ2v) is 10.8. The quantitative estimate of drug-likeness (QED) is 0.366. The van der Waals surface area contributed by atoms with E-state index in [1.54, 1.807) is 41.2 Å². The maximum atomic E-state index is 13.9. The highest BCUT2D eigenvalue weighted by molar-refractivity contribution is 6.22. The number of anilines is 3. The highest BCUT2D eigenvalue weighted by Crippen LogP contribution is 2.30. The van der Waals surface area contributed by atoms with Gasteiger partial charge in [-0.15, -0.1) is 0 Å². The topological polar surface area (TPSA) is 128 Å². The summed E-state index contributed by atoms with van der Waals surface area (Å²) in [7, 11) is 3.40. The lowest BCUT2D eigenvalue weighted by atomic mass is 10.0. The number of nitrogens with one attached hydrogen (secondary N) is 2. The number of fused-ring (bicyclic) bond motifs is 1. The molecule has 2 aliphatic heterocycles. The number of benzene rings is 2. The number of carbonyl (C=O) groups excluding carboxylic acids is 4. The molecule has 3 aromatic rings. The Morgan fingerprint density at radius 3 is 2.33 bits per heavy atom. The molecule has 3 heterocycles. The molecule has 0 spiro atoms. The molecule has 11 heteroatoms. The Balaban J connectivity index is 1.38. The first kappa shape index (κ1) is 30.0. The van der Waals surface area contributed by atoms with Crippen LogP contribution in [0.4, 0.5) is 17.1 Å². The fourth-order valence-electron chi connectivity index (χ4n) is 5.73. The van der Waals surface area contributed by atoms with E-state index in [9.17, 15) is 19.2 Å². The van der Waals surface area contributed by atoms with Crippen LogP contribution in [0.3, 0.4) is 0 Å². The Hall–Kier alpha value is -4.51. The number of aromatic nitrogens is 2. The maximum Gasteiger partial charge on any atom is 0.285 e. The Kier molecular flexibility index (Phi) is 9.20. The third kappa shape index (κ3) is 6.17. The first-order valence-corrected chi connectivity index (χ1v) is 14.8. The summed E-state index contributed by atoms with van der Waals surface area (Å²) in [5.41, 5.74) is 2.70. The minimum atomic E-state index is -0.582. The summed E-state index contributed by atoms with van der Waals surface area (Å²) in [5, 5.41) is 10.2. The number of aromatic amines is 1. The Bertz CT molecular complexity index is 1480. The van der Waals surface area contributed by atoms with E-state index >= 15 is 0 Å². The number of H-pyrrole nitrogens is 1. The van der Waals surface area contributed by atoms with Crippen LogP contribution in [0.25, 0.3) is 0 Å². The number of carbonyl (C=O) groups is 4. The highest BCUT2D eigenvalue weighted by atomic mass is 16.5. The van der Waals surface area contributed by atoms with Crippen LogP contribution in [-0.4, -0.2) is 67.1 Å². The van der Waals surface area contributed by atoms with Crippen LogP contribution in [0.1, 0.15) is 72.0 Å². The lowest BCUT2D eigenvalue weighted by Gasteiger charge is -2.29. The van der Waals surface area contributed by atoms with E-state index in [4.69, 9.17) is 4.74 Å². The number of methoxy groups -OCH3 is 1. The summed E-state index contributed by atoms with van der Waals surface area (Å²) >= 11 is 0. The van der Waals surface area contributed by atoms with Gasteiger partial charge in [0.2, 0.25) is 11.8 Å². The fraction of sp³-hybridized carbons (Fsp3) is 0.406. The number of amides is 4. The minimum Gasteiger partial charge on any atom is -0.497 e. The second-order valence-electron chi connectivity index (χ2n) is 10.8. The van der Waals surface area contributed by atoms with E-state index in [2.05, 4.69) is 15.5 Å². The van der Waals surface area contributed by atoms with Crippen molar-refractivity contribution in [2.45, 2.75) is 57.9 Å². The molecule has 2 N–H and O–H groups in total. The van der Waals surface area contributed by atoms with E-state index < -0.39 is 5.91 Å². The third-order valence-corrected chi connectivity index (χ3v) is 8.30. The molecular formula is C32H38N6O5. The van der Waals surface area contributed by atoms with E-state index in [1.165, 1.54) is 0 Å². The van der Waals surface area contributed by atoms with Gasteiger partial charge < -0.3 is 19.9 Å². The van der Waals surface area contributed by atoms with E-state index in [-0.39, 0.29) is 41.6 Å². The van der Waals surface area contributed by atoms with Crippen molar-refractivity contribution in [3.63, 3.8) is 0 Å². The molecule has 0 saturated carbocycles. The largest absolute Gasteiger partial charge is 0.497 e. The zero-order chi connectivity index (χ0) is 30.5. The summed E-state index contributed by atoms with van der Waals surface area (Å²) in [6, 6.07) is 14.3. The number of rotatable bonds is 10. The minimum absolute atomic E-state index is 0.0618. The molecule has 1 fully saturated rings. The zero-order valence-corrected chi connectivity index (χ0v) is 24.9. The molecule has 4 amide bonds. The second kappa shape index (κ2) is 13.2. The SMILES string of the molecule is CCC(CCC(=O)N(C(=O)c1n[nH]c2c1CCN(c1ccc(N3CCCCC3=O)cc1)C2=O)c1ccc(OC)cc1)NC. The van der Waals surface area contributed by atoms with Crippen LogP contribution in [-0.2, 0) is 16.0 Å². The van der Waals surface area contributed by atoms with Gasteiger partial charge in [-0.1, -0.05) is 6.92 Å². The molecule has 1 atom stereocenters. The van der Waals surface area contributed by atoms with Crippen molar-refractivity contribution in [3.05, 3.63) is 65.5 Å². The number of piperidine rings is 1. The summed E-state index contributed by atoms with van der Waals surface area (Å²) in [5.74, 6) is -0.527. The van der Waals surface area contributed by atoms with Gasteiger partial charge in [0, 0.05) is 48.9 Å². The van der Waals surface area contributed by atoms with Gasteiger partial charge in [0.05, 0.1) is 12.8 Å². The number of hydrogen-bond donors (Lipinski definition) is 2. The molecule has 43 heavy (non-hydrogen) atoms. The first-order valence-electron chi connectivity index (χ1n) is 14.8. The van der Waals surface area contributed by atoms with Gasteiger partial charge in [0.15, 0.2) is 5.69 Å². The number of hydrogen-bond acceptors (Lipinski definition) is 7. The molecule has 5 rings (SSSR count).